The van der Waals surface area contributed by atoms with Crippen molar-refractivity contribution in [1.29, 1.82) is 0 Å². The minimum Gasteiger partial charge on any atom is -0.494 e. The van der Waals surface area contributed by atoms with E-state index in [1.54, 1.807) is 65.6 Å². The van der Waals surface area contributed by atoms with Gasteiger partial charge < -0.3 is 14.5 Å². The Bertz CT molecular complexity index is 1290. The van der Waals surface area contributed by atoms with Crippen LogP contribution in [0.3, 0.4) is 0 Å². The monoisotopic (exact) mass is 511 g/mol. The van der Waals surface area contributed by atoms with Crippen molar-refractivity contribution in [3.63, 3.8) is 0 Å². The van der Waals surface area contributed by atoms with Crippen LogP contribution in [0.4, 0.5) is 10.1 Å². The van der Waals surface area contributed by atoms with Gasteiger partial charge in [0.2, 0.25) is 10.0 Å². The molecule has 190 valence electrons. The highest BCUT2D eigenvalue weighted by Gasteiger charge is 2.25. The van der Waals surface area contributed by atoms with Crippen LogP contribution in [0.25, 0.3) is 0 Å². The Morgan fingerprint density at radius 3 is 2.28 bits per heavy atom. The van der Waals surface area contributed by atoms with Crippen LogP contribution in [0.5, 0.6) is 5.75 Å². The number of nitrogens with zero attached hydrogens (tertiary/aromatic N) is 3. The average molecular weight is 512 g/mol. The van der Waals surface area contributed by atoms with Crippen LogP contribution >= 0.6 is 0 Å². The van der Waals surface area contributed by atoms with Gasteiger partial charge >= 0.3 is 0 Å². The first kappa shape index (κ1) is 25.7. The Labute approximate surface area is 211 Å². The molecule has 1 aliphatic heterocycles. The van der Waals surface area contributed by atoms with Crippen LogP contribution in [0, 0.1) is 5.82 Å². The molecule has 0 spiro atoms. The van der Waals surface area contributed by atoms with E-state index in [9.17, 15) is 17.6 Å². The molecule has 0 bridgehead atoms. The lowest BCUT2D eigenvalue weighted by atomic mass is 10.1. The Kier molecular flexibility index (Phi) is 7.91. The van der Waals surface area contributed by atoms with Crippen molar-refractivity contribution < 1.29 is 22.3 Å². The molecule has 1 heterocycles. The SMILES string of the molecule is CCOc1ccc(C(=O)N2CCN(c3ccc(F)cc3)CC2)cc1CN(C)S(=O)(=O)c1ccccc1. The van der Waals surface area contributed by atoms with E-state index in [1.165, 1.54) is 23.5 Å². The molecule has 0 atom stereocenters. The third-order valence-electron chi connectivity index (χ3n) is 6.21. The van der Waals surface area contributed by atoms with Crippen molar-refractivity contribution >= 4 is 21.6 Å². The number of rotatable bonds is 8. The molecule has 7 nitrogen and oxygen atoms in total. The highest BCUT2D eigenvalue weighted by atomic mass is 32.2. The first-order valence-corrected chi connectivity index (χ1v) is 13.3. The van der Waals surface area contributed by atoms with Gasteiger partial charge in [0.15, 0.2) is 0 Å². The van der Waals surface area contributed by atoms with Gasteiger partial charge in [0, 0.05) is 56.6 Å². The Morgan fingerprint density at radius 2 is 1.64 bits per heavy atom. The van der Waals surface area contributed by atoms with Gasteiger partial charge in [0.25, 0.3) is 5.91 Å². The van der Waals surface area contributed by atoms with Crippen molar-refractivity contribution in [3.05, 3.63) is 89.7 Å². The fourth-order valence-corrected chi connectivity index (χ4v) is 5.40. The van der Waals surface area contributed by atoms with Crippen LogP contribution in [0.1, 0.15) is 22.8 Å². The predicted octanol–water partition coefficient (Wildman–Crippen LogP) is 4.01. The number of hydrogen-bond donors (Lipinski definition) is 0. The van der Waals surface area contributed by atoms with E-state index in [-0.39, 0.29) is 23.2 Å². The van der Waals surface area contributed by atoms with Gasteiger partial charge in [0.05, 0.1) is 11.5 Å². The molecule has 1 fully saturated rings. The second-order valence-electron chi connectivity index (χ2n) is 8.59. The Balaban J connectivity index is 1.49. The summed E-state index contributed by atoms with van der Waals surface area (Å²) in [7, 11) is -2.19. The third kappa shape index (κ3) is 5.68. The number of piperazine rings is 1. The highest BCUT2D eigenvalue weighted by Crippen LogP contribution is 2.26. The average Bonchev–Trinajstić information content (AvgIpc) is 2.90. The number of sulfonamides is 1. The van der Waals surface area contributed by atoms with Crippen LogP contribution in [-0.2, 0) is 16.6 Å². The number of carbonyl (C=O) groups is 1. The maximum atomic E-state index is 13.3. The molecule has 36 heavy (non-hydrogen) atoms. The molecule has 0 saturated carbocycles. The van der Waals surface area contributed by atoms with Crippen LogP contribution in [0.15, 0.2) is 77.7 Å². The zero-order valence-corrected chi connectivity index (χ0v) is 21.2. The largest absolute Gasteiger partial charge is 0.494 e. The quantitative estimate of drug-likeness (QED) is 0.457. The topological polar surface area (TPSA) is 70.2 Å². The van der Waals surface area contributed by atoms with Crippen molar-refractivity contribution in [2.75, 3.05) is 44.7 Å². The lowest BCUT2D eigenvalue weighted by molar-refractivity contribution is 0.0746. The van der Waals surface area contributed by atoms with Gasteiger partial charge in [-0.2, -0.15) is 4.31 Å². The maximum absolute atomic E-state index is 13.3. The van der Waals surface area contributed by atoms with Gasteiger partial charge in [0.1, 0.15) is 11.6 Å². The lowest BCUT2D eigenvalue weighted by Gasteiger charge is -2.36. The van der Waals surface area contributed by atoms with E-state index in [0.717, 1.165) is 5.69 Å². The van der Waals surface area contributed by atoms with Crippen molar-refractivity contribution in [2.45, 2.75) is 18.4 Å². The molecule has 4 rings (SSSR count). The van der Waals surface area contributed by atoms with Gasteiger partial charge in [-0.05, 0) is 61.5 Å². The van der Waals surface area contributed by atoms with Crippen molar-refractivity contribution in [3.8, 4) is 5.75 Å². The molecular weight excluding hydrogens is 481 g/mol. The van der Waals surface area contributed by atoms with Crippen LogP contribution in [0.2, 0.25) is 0 Å². The van der Waals surface area contributed by atoms with E-state index in [4.69, 9.17) is 4.74 Å². The highest BCUT2D eigenvalue weighted by molar-refractivity contribution is 7.89. The molecular formula is C27H30FN3O4S. The first-order chi connectivity index (χ1) is 17.3. The summed E-state index contributed by atoms with van der Waals surface area (Å²) in [5, 5.41) is 0. The number of hydrogen-bond acceptors (Lipinski definition) is 5. The fraction of sp³-hybridized carbons (Fsp3) is 0.296. The molecule has 9 heteroatoms. The summed E-state index contributed by atoms with van der Waals surface area (Å²) in [4.78, 5) is 17.4. The molecule has 1 aliphatic rings. The number of ether oxygens (including phenoxy) is 1. The van der Waals surface area contributed by atoms with E-state index in [0.29, 0.717) is 49.7 Å². The summed E-state index contributed by atoms with van der Waals surface area (Å²) < 4.78 is 46.3. The number of carbonyl (C=O) groups excluding carboxylic acids is 1. The van der Waals surface area contributed by atoms with Gasteiger partial charge in [-0.3, -0.25) is 4.79 Å². The number of halogens is 1. The summed E-state index contributed by atoms with van der Waals surface area (Å²) in [6.07, 6.45) is 0. The van der Waals surface area contributed by atoms with Crippen LogP contribution < -0.4 is 9.64 Å². The summed E-state index contributed by atoms with van der Waals surface area (Å²) in [6.45, 7) is 4.67. The fourth-order valence-electron chi connectivity index (χ4n) is 4.23. The minimum absolute atomic E-state index is 0.0615. The number of benzene rings is 3. The van der Waals surface area contributed by atoms with Gasteiger partial charge in [-0.25, -0.2) is 12.8 Å². The summed E-state index contributed by atoms with van der Waals surface area (Å²) in [5.41, 5.74) is 2.03. The van der Waals surface area contributed by atoms with Crippen molar-refractivity contribution in [1.82, 2.24) is 9.21 Å². The van der Waals surface area contributed by atoms with Crippen LogP contribution in [-0.4, -0.2) is 63.4 Å². The minimum atomic E-state index is -3.70. The summed E-state index contributed by atoms with van der Waals surface area (Å²) in [5.74, 6) is 0.151. The smallest absolute Gasteiger partial charge is 0.253 e. The Hall–Kier alpha value is -3.43. The zero-order chi connectivity index (χ0) is 25.7. The van der Waals surface area contributed by atoms with E-state index < -0.39 is 10.0 Å². The molecule has 3 aromatic rings. The van der Waals surface area contributed by atoms with Crippen molar-refractivity contribution in [2.24, 2.45) is 0 Å². The standard InChI is InChI=1S/C27H30FN3O4S/c1-3-35-26-14-9-21(19-22(26)20-29(2)36(33,34)25-7-5-4-6-8-25)27(32)31-17-15-30(16-18-31)24-12-10-23(28)11-13-24/h4-14,19H,3,15-18,20H2,1-2H3. The molecule has 0 unspecified atom stereocenters. The summed E-state index contributed by atoms with van der Waals surface area (Å²) in [6, 6.07) is 19.8. The van der Waals surface area contributed by atoms with E-state index in [1.807, 2.05) is 6.92 Å². The second-order valence-corrected chi connectivity index (χ2v) is 10.6. The number of amides is 1. The molecule has 0 radical (unpaired) electrons. The Morgan fingerprint density at radius 1 is 0.972 bits per heavy atom. The first-order valence-electron chi connectivity index (χ1n) is 11.9. The van der Waals surface area contributed by atoms with E-state index >= 15 is 0 Å². The van der Waals surface area contributed by atoms with Gasteiger partial charge in [-0.15, -0.1) is 0 Å². The van der Waals surface area contributed by atoms with E-state index in [2.05, 4.69) is 4.90 Å². The normalized spacial score (nSPS) is 14.2. The van der Waals surface area contributed by atoms with Gasteiger partial charge in [-0.1, -0.05) is 18.2 Å². The second kappa shape index (κ2) is 11.1. The molecule has 0 aromatic heterocycles. The summed E-state index contributed by atoms with van der Waals surface area (Å²) >= 11 is 0. The molecule has 3 aromatic carbocycles. The molecule has 1 amide bonds. The molecule has 0 N–H and O–H groups in total. The lowest BCUT2D eigenvalue weighted by Crippen LogP contribution is -2.48. The third-order valence-corrected chi connectivity index (χ3v) is 8.03. The molecule has 1 saturated heterocycles. The molecule has 0 aliphatic carbocycles. The number of anilines is 1. The maximum Gasteiger partial charge on any atom is 0.253 e. The predicted molar refractivity (Wildman–Crippen MR) is 137 cm³/mol. The zero-order valence-electron chi connectivity index (χ0n) is 20.4.